The van der Waals surface area contributed by atoms with Gasteiger partial charge in [-0.25, -0.2) is 0 Å². The second kappa shape index (κ2) is 24.6. The summed E-state index contributed by atoms with van der Waals surface area (Å²) in [6.07, 6.45) is 25.2. The topological polar surface area (TPSA) is 81.6 Å². The van der Waals surface area contributed by atoms with E-state index < -0.39 is 12.4 Å². The first-order valence-electron chi connectivity index (χ1n) is 16.1. The molecular formula is C33H60N2O3. The van der Waals surface area contributed by atoms with Crippen LogP contribution in [0.25, 0.3) is 0 Å². The highest BCUT2D eigenvalue weighted by molar-refractivity contribution is 6.00. The molecule has 0 saturated carbocycles. The van der Waals surface area contributed by atoms with E-state index in [1.165, 1.54) is 109 Å². The summed E-state index contributed by atoms with van der Waals surface area (Å²) in [7, 11) is 0. The van der Waals surface area contributed by atoms with Crippen molar-refractivity contribution in [3.8, 4) is 5.75 Å². The van der Waals surface area contributed by atoms with Gasteiger partial charge in [-0.15, -0.1) is 0 Å². The molecule has 0 aliphatic heterocycles. The maximum Gasteiger partial charge on any atom is 0.179 e. The van der Waals surface area contributed by atoms with Gasteiger partial charge in [0.1, 0.15) is 5.75 Å². The second-order valence-corrected chi connectivity index (χ2v) is 11.1. The standard InChI is InChI=1S/C33H60N2O3/c1-3-5-7-9-11-13-14-15-16-18-20-22-28-34-33(38)35-31(23-21-19-17-12-10-8-6-4-2)32(37)29-24-26-30(36)27-25-29/h24-27,31,33-36,38H,3-23,28H2,1-2H3. The molecule has 2 unspecified atom stereocenters. The van der Waals surface area contributed by atoms with Gasteiger partial charge in [-0.2, -0.15) is 0 Å². The summed E-state index contributed by atoms with van der Waals surface area (Å²) in [5.74, 6) is 0.123. The average Bonchev–Trinajstić information content (AvgIpc) is 2.92. The van der Waals surface area contributed by atoms with Crippen molar-refractivity contribution in [2.75, 3.05) is 6.54 Å². The molecule has 5 nitrogen and oxygen atoms in total. The van der Waals surface area contributed by atoms with E-state index in [0.29, 0.717) is 12.0 Å². The quantitative estimate of drug-likeness (QED) is 0.0518. The third-order valence-electron chi connectivity index (χ3n) is 7.54. The van der Waals surface area contributed by atoms with Gasteiger partial charge in [0.2, 0.25) is 0 Å². The molecule has 0 bridgehead atoms. The number of Topliss-reactive ketones (excluding diaryl/α,β-unsaturated/α-hetero) is 1. The number of unbranched alkanes of at least 4 members (excludes halogenated alkanes) is 18. The number of phenols is 1. The highest BCUT2D eigenvalue weighted by Gasteiger charge is 2.22. The van der Waals surface area contributed by atoms with Gasteiger partial charge >= 0.3 is 0 Å². The van der Waals surface area contributed by atoms with Crippen molar-refractivity contribution in [1.82, 2.24) is 10.6 Å². The van der Waals surface area contributed by atoms with Crippen LogP contribution in [0, 0.1) is 0 Å². The van der Waals surface area contributed by atoms with E-state index >= 15 is 0 Å². The lowest BCUT2D eigenvalue weighted by molar-refractivity contribution is 0.0697. The zero-order valence-electron chi connectivity index (χ0n) is 24.8. The predicted octanol–water partition coefficient (Wildman–Crippen LogP) is 8.63. The Labute approximate surface area is 234 Å². The van der Waals surface area contributed by atoms with Crippen LogP contribution in [0.15, 0.2) is 24.3 Å². The summed E-state index contributed by atoms with van der Waals surface area (Å²) in [5, 5.41) is 26.4. The summed E-state index contributed by atoms with van der Waals surface area (Å²) < 4.78 is 0. The minimum atomic E-state index is -0.900. The van der Waals surface area contributed by atoms with Crippen LogP contribution in [0.2, 0.25) is 0 Å². The van der Waals surface area contributed by atoms with Gasteiger partial charge in [0, 0.05) is 5.56 Å². The highest BCUT2D eigenvalue weighted by atomic mass is 16.3. The molecule has 0 aliphatic rings. The Morgan fingerprint density at radius 1 is 0.658 bits per heavy atom. The fourth-order valence-corrected chi connectivity index (χ4v) is 5.05. The number of rotatable bonds is 27. The van der Waals surface area contributed by atoms with Gasteiger partial charge < -0.3 is 10.2 Å². The Morgan fingerprint density at radius 3 is 1.55 bits per heavy atom. The summed E-state index contributed by atoms with van der Waals surface area (Å²) in [6.45, 7) is 5.24. The van der Waals surface area contributed by atoms with Crippen molar-refractivity contribution in [2.24, 2.45) is 0 Å². The predicted molar refractivity (Wildman–Crippen MR) is 162 cm³/mol. The SMILES string of the molecule is CCCCCCCCCCCCCCNC(O)NC(CCCCCCCCCC)C(=O)c1ccc(O)cc1. The molecule has 38 heavy (non-hydrogen) atoms. The third-order valence-corrected chi connectivity index (χ3v) is 7.54. The van der Waals surface area contributed by atoms with Crippen LogP contribution in [-0.4, -0.2) is 34.9 Å². The van der Waals surface area contributed by atoms with Crippen LogP contribution >= 0.6 is 0 Å². The van der Waals surface area contributed by atoms with Crippen LogP contribution < -0.4 is 10.6 Å². The molecule has 0 aromatic heterocycles. The van der Waals surface area contributed by atoms with Crippen molar-refractivity contribution in [3.05, 3.63) is 29.8 Å². The summed E-state index contributed by atoms with van der Waals surface area (Å²) in [6, 6.07) is 5.97. The Bertz CT molecular complexity index is 665. The maximum atomic E-state index is 13.1. The van der Waals surface area contributed by atoms with Crippen LogP contribution in [0.3, 0.4) is 0 Å². The normalized spacial score (nSPS) is 13.0. The minimum Gasteiger partial charge on any atom is -0.508 e. The number of aromatic hydroxyl groups is 1. The van der Waals surface area contributed by atoms with E-state index in [0.717, 1.165) is 25.8 Å². The van der Waals surface area contributed by atoms with E-state index in [1.807, 2.05) is 0 Å². The third kappa shape index (κ3) is 18.8. The fourth-order valence-electron chi connectivity index (χ4n) is 5.05. The van der Waals surface area contributed by atoms with Gasteiger partial charge in [-0.05, 0) is 43.7 Å². The molecule has 220 valence electrons. The largest absolute Gasteiger partial charge is 0.508 e. The van der Waals surface area contributed by atoms with E-state index in [-0.39, 0.29) is 11.5 Å². The molecule has 1 aromatic rings. The summed E-state index contributed by atoms with van der Waals surface area (Å²) in [4.78, 5) is 13.1. The number of nitrogens with one attached hydrogen (secondary N) is 2. The number of aliphatic hydroxyl groups excluding tert-OH is 1. The Kier molecular flexibility index (Phi) is 22.4. The van der Waals surface area contributed by atoms with Crippen molar-refractivity contribution in [3.63, 3.8) is 0 Å². The number of carbonyl (C=O) groups is 1. The molecule has 4 N–H and O–H groups in total. The van der Waals surface area contributed by atoms with Gasteiger partial charge in [0.25, 0.3) is 0 Å². The molecule has 0 saturated heterocycles. The highest BCUT2D eigenvalue weighted by Crippen LogP contribution is 2.16. The number of aliphatic hydroxyl groups is 1. The van der Waals surface area contributed by atoms with E-state index in [9.17, 15) is 15.0 Å². The molecule has 1 aromatic carbocycles. The average molecular weight is 533 g/mol. The molecule has 5 heteroatoms. The fraction of sp³-hybridized carbons (Fsp3) is 0.788. The second-order valence-electron chi connectivity index (χ2n) is 11.1. The van der Waals surface area contributed by atoms with Gasteiger partial charge in [0.15, 0.2) is 12.1 Å². The Hall–Kier alpha value is -1.43. The smallest absolute Gasteiger partial charge is 0.179 e. The van der Waals surface area contributed by atoms with Crippen molar-refractivity contribution in [2.45, 2.75) is 161 Å². The van der Waals surface area contributed by atoms with Crippen LogP contribution in [0.4, 0.5) is 0 Å². The monoisotopic (exact) mass is 532 g/mol. The molecule has 0 radical (unpaired) electrons. The van der Waals surface area contributed by atoms with Crippen LogP contribution in [-0.2, 0) is 0 Å². The Morgan fingerprint density at radius 2 is 1.08 bits per heavy atom. The molecule has 0 aliphatic carbocycles. The molecule has 0 heterocycles. The van der Waals surface area contributed by atoms with Crippen molar-refractivity contribution < 1.29 is 15.0 Å². The van der Waals surface area contributed by atoms with E-state index in [4.69, 9.17) is 0 Å². The number of benzene rings is 1. The van der Waals surface area contributed by atoms with Gasteiger partial charge in [0.05, 0.1) is 6.04 Å². The maximum absolute atomic E-state index is 13.1. The lowest BCUT2D eigenvalue weighted by atomic mass is 9.98. The lowest BCUT2D eigenvalue weighted by Gasteiger charge is -2.22. The summed E-state index contributed by atoms with van der Waals surface area (Å²) >= 11 is 0. The van der Waals surface area contributed by atoms with E-state index in [2.05, 4.69) is 24.5 Å². The molecule has 2 atom stereocenters. The number of hydrogen-bond donors (Lipinski definition) is 4. The van der Waals surface area contributed by atoms with Crippen LogP contribution in [0.1, 0.15) is 159 Å². The van der Waals surface area contributed by atoms with Gasteiger partial charge in [-0.1, -0.05) is 136 Å². The number of hydrogen-bond acceptors (Lipinski definition) is 5. The first-order valence-corrected chi connectivity index (χ1v) is 16.1. The van der Waals surface area contributed by atoms with E-state index in [1.54, 1.807) is 24.3 Å². The molecule has 0 amide bonds. The number of carbonyl (C=O) groups excluding carboxylic acids is 1. The molecule has 0 spiro atoms. The Balaban J connectivity index is 2.26. The van der Waals surface area contributed by atoms with Crippen molar-refractivity contribution >= 4 is 5.78 Å². The number of phenolic OH excluding ortho intramolecular Hbond substituents is 1. The molecule has 1 rings (SSSR count). The number of ketones is 1. The molecular weight excluding hydrogens is 472 g/mol. The minimum absolute atomic E-state index is 0.0286. The zero-order valence-corrected chi connectivity index (χ0v) is 24.8. The van der Waals surface area contributed by atoms with Crippen molar-refractivity contribution in [1.29, 1.82) is 0 Å². The zero-order chi connectivity index (χ0) is 27.7. The first-order chi connectivity index (χ1) is 18.6. The lowest BCUT2D eigenvalue weighted by Crippen LogP contribution is -2.50. The first kappa shape index (κ1) is 34.6. The molecule has 0 fully saturated rings. The summed E-state index contributed by atoms with van der Waals surface area (Å²) in [5.41, 5.74) is 0.563. The van der Waals surface area contributed by atoms with Gasteiger partial charge in [-0.3, -0.25) is 15.4 Å². The van der Waals surface area contributed by atoms with Crippen LogP contribution in [0.5, 0.6) is 5.75 Å².